The highest BCUT2D eigenvalue weighted by molar-refractivity contribution is 5.92. The number of rotatable bonds is 19. The van der Waals surface area contributed by atoms with E-state index in [0.717, 1.165) is 30.0 Å². The van der Waals surface area contributed by atoms with E-state index in [-0.39, 0.29) is 28.3 Å². The molecule has 0 aliphatic carbocycles. The van der Waals surface area contributed by atoms with Gasteiger partial charge in [-0.15, -0.1) is 0 Å². The Balaban J connectivity index is 0.00000645. The molecular formula is C38H55BrN2O2. The second-order valence-corrected chi connectivity index (χ2v) is 12.8. The minimum Gasteiger partial charge on any atom is -1.00 e. The maximum atomic E-state index is 13.0. The molecule has 43 heavy (non-hydrogen) atoms. The summed E-state index contributed by atoms with van der Waals surface area (Å²) in [5.74, 6) is 0.815. The van der Waals surface area contributed by atoms with Crippen LogP contribution in [0.15, 0.2) is 73.1 Å². The number of carbonyl (C=O) groups is 1. The fourth-order valence-corrected chi connectivity index (χ4v) is 5.25. The third kappa shape index (κ3) is 14.6. The molecule has 0 bridgehead atoms. The lowest BCUT2D eigenvalue weighted by atomic mass is 9.86. The normalized spacial score (nSPS) is 11.2. The van der Waals surface area contributed by atoms with Crippen molar-refractivity contribution in [3.8, 4) is 5.75 Å². The first-order chi connectivity index (χ1) is 20.3. The van der Waals surface area contributed by atoms with E-state index in [4.69, 9.17) is 4.74 Å². The molecule has 0 aliphatic rings. The second-order valence-electron chi connectivity index (χ2n) is 12.8. The van der Waals surface area contributed by atoms with Crippen molar-refractivity contribution in [2.75, 3.05) is 11.9 Å². The van der Waals surface area contributed by atoms with Crippen LogP contribution in [0.1, 0.15) is 121 Å². The van der Waals surface area contributed by atoms with Gasteiger partial charge in [-0.05, 0) is 35.6 Å². The fourth-order valence-electron chi connectivity index (χ4n) is 5.25. The molecule has 2 aromatic carbocycles. The van der Waals surface area contributed by atoms with Gasteiger partial charge in [-0.3, -0.25) is 4.79 Å². The predicted molar refractivity (Wildman–Crippen MR) is 176 cm³/mol. The first kappa shape index (κ1) is 36.5. The van der Waals surface area contributed by atoms with Gasteiger partial charge in [0.1, 0.15) is 5.75 Å². The van der Waals surface area contributed by atoms with Crippen molar-refractivity contribution in [1.29, 1.82) is 0 Å². The van der Waals surface area contributed by atoms with Crippen LogP contribution in [0.3, 0.4) is 0 Å². The van der Waals surface area contributed by atoms with Gasteiger partial charge in [0.15, 0.2) is 18.9 Å². The summed E-state index contributed by atoms with van der Waals surface area (Å²) in [4.78, 5) is 13.0. The number of anilines is 1. The van der Waals surface area contributed by atoms with Gasteiger partial charge in [-0.2, -0.15) is 0 Å². The zero-order valence-electron chi connectivity index (χ0n) is 27.2. The molecule has 1 amide bonds. The zero-order valence-corrected chi connectivity index (χ0v) is 28.8. The summed E-state index contributed by atoms with van der Waals surface area (Å²) in [6, 6.07) is 20.5. The van der Waals surface area contributed by atoms with Crippen molar-refractivity contribution in [3.63, 3.8) is 0 Å². The van der Waals surface area contributed by atoms with Crippen LogP contribution in [0.2, 0.25) is 0 Å². The molecular weight excluding hydrogens is 596 g/mol. The summed E-state index contributed by atoms with van der Waals surface area (Å²) in [5, 5.41) is 3.07. The topological polar surface area (TPSA) is 42.2 Å². The van der Waals surface area contributed by atoms with Crippen molar-refractivity contribution in [1.82, 2.24) is 0 Å². The molecule has 0 spiro atoms. The molecule has 3 aromatic rings. The summed E-state index contributed by atoms with van der Waals surface area (Å²) in [7, 11) is 0. The van der Waals surface area contributed by atoms with Gasteiger partial charge in [0.2, 0.25) is 5.91 Å². The molecule has 1 N–H and O–H groups in total. The summed E-state index contributed by atoms with van der Waals surface area (Å²) in [5.41, 5.74) is 4.19. The standard InChI is InChI=1S/C38H54N2O2.BrH/c1-5-6-7-8-9-10-11-12-13-14-15-19-28-42-36-30-34(38(2,3)4)23-22-33(36)29-37(41)39-35-24-20-32(21-25-35)31-40-26-17-16-18-27-40;/h16-18,20-27,30H,5-15,19,28-29,31H2,1-4H3;1H. The smallest absolute Gasteiger partial charge is 0.228 e. The zero-order chi connectivity index (χ0) is 30.0. The van der Waals surface area contributed by atoms with Gasteiger partial charge >= 0.3 is 0 Å². The minimum absolute atomic E-state index is 0. The van der Waals surface area contributed by atoms with Crippen molar-refractivity contribution in [2.24, 2.45) is 0 Å². The summed E-state index contributed by atoms with van der Waals surface area (Å²) >= 11 is 0. The number of carbonyl (C=O) groups excluding carboxylic acids is 1. The number of pyridine rings is 1. The molecule has 0 atom stereocenters. The molecule has 0 saturated carbocycles. The van der Waals surface area contributed by atoms with E-state index in [1.165, 1.54) is 81.8 Å². The van der Waals surface area contributed by atoms with E-state index in [9.17, 15) is 4.79 Å². The number of unbranched alkanes of at least 4 members (excludes halogenated alkanes) is 11. The Morgan fingerprint density at radius 3 is 1.93 bits per heavy atom. The molecule has 3 rings (SSSR count). The molecule has 0 aliphatic heterocycles. The highest BCUT2D eigenvalue weighted by atomic mass is 79.9. The lowest BCUT2D eigenvalue weighted by molar-refractivity contribution is -0.688. The van der Waals surface area contributed by atoms with Crippen LogP contribution >= 0.6 is 0 Å². The first-order valence-corrected chi connectivity index (χ1v) is 16.4. The lowest BCUT2D eigenvalue weighted by Gasteiger charge is -2.21. The van der Waals surface area contributed by atoms with E-state index < -0.39 is 0 Å². The number of nitrogens with zero attached hydrogens (tertiary/aromatic N) is 1. The third-order valence-electron chi connectivity index (χ3n) is 7.92. The van der Waals surface area contributed by atoms with E-state index in [0.29, 0.717) is 13.0 Å². The number of benzene rings is 2. The molecule has 1 aromatic heterocycles. The monoisotopic (exact) mass is 650 g/mol. The third-order valence-corrected chi connectivity index (χ3v) is 7.92. The van der Waals surface area contributed by atoms with Crippen LogP contribution in [-0.2, 0) is 23.2 Å². The van der Waals surface area contributed by atoms with Gasteiger partial charge in [-0.1, -0.05) is 129 Å². The minimum atomic E-state index is -0.0288. The van der Waals surface area contributed by atoms with Gasteiger partial charge in [0.05, 0.1) is 13.0 Å². The SMILES string of the molecule is CCCCCCCCCCCCCCOc1cc(C(C)(C)C)ccc1CC(=O)Nc1ccc(C[n+]2ccccc2)cc1.[Br-]. The van der Waals surface area contributed by atoms with Gasteiger partial charge in [0.25, 0.3) is 0 Å². The highest BCUT2D eigenvalue weighted by Crippen LogP contribution is 2.29. The van der Waals surface area contributed by atoms with E-state index in [2.05, 4.69) is 80.3 Å². The largest absolute Gasteiger partial charge is 1.00 e. The Kier molecular flexibility index (Phi) is 17.3. The Bertz CT molecular complexity index is 1170. The van der Waals surface area contributed by atoms with Crippen molar-refractivity contribution in [3.05, 3.63) is 89.7 Å². The van der Waals surface area contributed by atoms with Crippen LogP contribution in [0.25, 0.3) is 0 Å². The quantitative estimate of drug-likeness (QED) is 0.118. The molecule has 5 heteroatoms. The lowest BCUT2D eigenvalue weighted by Crippen LogP contribution is -3.00. The van der Waals surface area contributed by atoms with Crippen molar-refractivity contribution >= 4 is 11.6 Å². The van der Waals surface area contributed by atoms with Gasteiger partial charge in [0, 0.05) is 28.9 Å². The molecule has 1 heterocycles. The Labute approximate surface area is 272 Å². The van der Waals surface area contributed by atoms with E-state index in [1.54, 1.807) is 0 Å². The Morgan fingerprint density at radius 1 is 0.767 bits per heavy atom. The Hall–Kier alpha value is -2.66. The number of nitrogens with one attached hydrogen (secondary N) is 1. The second kappa shape index (κ2) is 20.3. The van der Waals surface area contributed by atoms with Crippen LogP contribution in [0.5, 0.6) is 5.75 Å². The molecule has 0 radical (unpaired) electrons. The fraction of sp³-hybridized carbons (Fsp3) is 0.526. The van der Waals surface area contributed by atoms with E-state index >= 15 is 0 Å². The number of hydrogen-bond donors (Lipinski definition) is 1. The highest BCUT2D eigenvalue weighted by Gasteiger charge is 2.18. The van der Waals surface area contributed by atoms with Crippen molar-refractivity contribution < 1.29 is 31.1 Å². The molecule has 0 saturated heterocycles. The van der Waals surface area contributed by atoms with Crippen LogP contribution in [0, 0.1) is 0 Å². The van der Waals surface area contributed by atoms with Crippen LogP contribution in [0.4, 0.5) is 5.69 Å². The molecule has 0 unspecified atom stereocenters. The van der Waals surface area contributed by atoms with Crippen LogP contribution in [-0.4, -0.2) is 12.5 Å². The average Bonchev–Trinajstić information content (AvgIpc) is 2.97. The van der Waals surface area contributed by atoms with Gasteiger partial charge < -0.3 is 27.0 Å². The van der Waals surface area contributed by atoms with Crippen molar-refractivity contribution in [2.45, 2.75) is 123 Å². The van der Waals surface area contributed by atoms with Gasteiger partial charge in [-0.25, -0.2) is 4.57 Å². The maximum Gasteiger partial charge on any atom is 0.228 e. The number of ether oxygens (including phenoxy) is 1. The number of amides is 1. The Morgan fingerprint density at radius 2 is 1.35 bits per heavy atom. The average molecular weight is 652 g/mol. The molecule has 0 fully saturated rings. The summed E-state index contributed by atoms with van der Waals surface area (Å²) < 4.78 is 8.44. The summed E-state index contributed by atoms with van der Waals surface area (Å²) in [6.07, 6.45) is 20.3. The number of hydrogen-bond acceptors (Lipinski definition) is 2. The predicted octanol–water partition coefficient (Wildman–Crippen LogP) is 6.59. The molecule has 236 valence electrons. The van der Waals surface area contributed by atoms with Crippen LogP contribution < -0.4 is 31.6 Å². The van der Waals surface area contributed by atoms with E-state index in [1.807, 2.05) is 30.3 Å². The first-order valence-electron chi connectivity index (χ1n) is 16.4. The molecule has 4 nitrogen and oxygen atoms in total. The number of halogens is 1. The summed E-state index contributed by atoms with van der Waals surface area (Å²) in [6.45, 7) is 10.4. The number of aromatic nitrogens is 1. The maximum absolute atomic E-state index is 13.0.